The highest BCUT2D eigenvalue weighted by molar-refractivity contribution is 7.19. The van der Waals surface area contributed by atoms with E-state index >= 15 is 0 Å². The van der Waals surface area contributed by atoms with Gasteiger partial charge in [0.25, 0.3) is 0 Å². The molecule has 1 atom stereocenters. The van der Waals surface area contributed by atoms with Gasteiger partial charge in [-0.1, -0.05) is 230 Å². The van der Waals surface area contributed by atoms with Crippen molar-refractivity contribution < 1.29 is 14.3 Å². The van der Waals surface area contributed by atoms with Crippen LogP contribution in [0, 0.1) is 39.4 Å². The Morgan fingerprint density at radius 1 is 0.374 bits per heavy atom. The fraction of sp³-hybridized carbons (Fsp3) is 0.447. The maximum Gasteiger partial charge on any atom is 0.336 e. The van der Waals surface area contributed by atoms with E-state index in [1.54, 1.807) is 40.3 Å². The van der Waals surface area contributed by atoms with Gasteiger partial charge in [-0.3, -0.25) is 0 Å². The number of hydrogen-bond acceptors (Lipinski definition) is 9. The van der Waals surface area contributed by atoms with Gasteiger partial charge >= 0.3 is 5.97 Å². The summed E-state index contributed by atoms with van der Waals surface area (Å²) in [7, 11) is 0. The van der Waals surface area contributed by atoms with Gasteiger partial charge in [0.15, 0.2) is 0 Å². The SMILES string of the molecule is C=C(C)C(=O)OC(CCCCCCCCC)Oc1ccc(-c2ccc(-c3ccc4c(c3)C3(c5cc(-c6ccc7c(c6)C6(c8cc(-c9ccc%10c(c9)C9(c%11cc(-c%12ccc(-c%13ccc(-c%14ccc(C)s%14)c%14nsnc%13%14)s%12)ccc%11-%10)C%10(CCC)CCCC9(CCC)CCC%10)ccc8-7)C7(CC)CCCC6(CC)CCC7)ccc5-4)C4(C)CCCC3(C)CCC4)s2)cc1. The molecule has 21 rings (SSSR count). The van der Waals surface area contributed by atoms with Crippen LogP contribution in [0.5, 0.6) is 5.75 Å². The lowest BCUT2D eigenvalue weighted by Crippen LogP contribution is -2.62. The maximum atomic E-state index is 12.8. The Bertz CT molecular complexity index is 6020. The Labute approximate surface area is 748 Å². The molecule has 4 aromatic heterocycles. The number of aromatic nitrogens is 2. The number of thiophene rings is 3. The van der Waals surface area contributed by atoms with Crippen LogP contribution in [0.4, 0.5) is 0 Å². The molecule has 9 heteroatoms. The molecule has 0 N–H and O–H groups in total. The van der Waals surface area contributed by atoms with E-state index in [1.165, 1.54) is 305 Å². The summed E-state index contributed by atoms with van der Waals surface area (Å²) in [6.07, 6.45) is 38.8. The summed E-state index contributed by atoms with van der Waals surface area (Å²) in [5.74, 6) is 0.302. The molecule has 3 spiro atoms. The number of carbonyl (C=O) groups is 1. The maximum absolute atomic E-state index is 12.8. The number of ether oxygens (including phenoxy) is 2. The summed E-state index contributed by atoms with van der Waals surface area (Å²) >= 11 is 6.99. The third-order valence-electron chi connectivity index (χ3n) is 34.5. The first-order valence-corrected chi connectivity index (χ1v) is 51.1. The largest absolute Gasteiger partial charge is 0.455 e. The van der Waals surface area contributed by atoms with E-state index in [2.05, 4.69) is 232 Å². The third kappa shape index (κ3) is 12.1. The van der Waals surface area contributed by atoms with Crippen LogP contribution in [0.2, 0.25) is 0 Å². The molecule has 8 aromatic carbocycles. The molecule has 123 heavy (non-hydrogen) atoms. The second-order valence-corrected chi connectivity index (χ2v) is 44.4. The fourth-order valence-corrected chi connectivity index (χ4v) is 33.4. The molecule has 12 aromatic rings. The number of unbranched alkanes of at least 4 members (excludes halogenated alkanes) is 6. The average Bonchev–Trinajstić information content (AvgIpc) is 1.53. The van der Waals surface area contributed by atoms with Crippen molar-refractivity contribution in [2.75, 3.05) is 0 Å². The summed E-state index contributed by atoms with van der Waals surface area (Å²) in [6, 6.07) is 74.5. The Morgan fingerprint density at radius 3 is 1.13 bits per heavy atom. The molecule has 6 bridgehead atoms. The predicted molar refractivity (Wildman–Crippen MR) is 520 cm³/mol. The minimum Gasteiger partial charge on any atom is -0.455 e. The van der Waals surface area contributed by atoms with Crippen molar-refractivity contribution in [1.29, 1.82) is 0 Å². The van der Waals surface area contributed by atoms with Crippen LogP contribution in [-0.4, -0.2) is 21.0 Å². The highest BCUT2D eigenvalue weighted by Gasteiger charge is 2.72. The van der Waals surface area contributed by atoms with Gasteiger partial charge in [0.05, 0.1) is 11.7 Å². The molecule has 0 aliphatic heterocycles. The average molecular weight is 1700 g/mol. The summed E-state index contributed by atoms with van der Waals surface area (Å²) < 4.78 is 22.3. The molecule has 1 unspecified atom stereocenters. The second kappa shape index (κ2) is 31.3. The smallest absolute Gasteiger partial charge is 0.336 e. The lowest BCUT2D eigenvalue weighted by Gasteiger charge is -2.67. The van der Waals surface area contributed by atoms with Gasteiger partial charge in [-0.05, 0) is 358 Å². The molecule has 6 saturated carbocycles. The van der Waals surface area contributed by atoms with Gasteiger partial charge in [-0.15, -0.1) is 34.0 Å². The fourth-order valence-electron chi connectivity index (χ4n) is 29.9. The topological polar surface area (TPSA) is 61.3 Å². The van der Waals surface area contributed by atoms with Crippen molar-refractivity contribution in [3.05, 3.63) is 232 Å². The van der Waals surface area contributed by atoms with E-state index in [0.29, 0.717) is 17.7 Å². The van der Waals surface area contributed by atoms with E-state index in [-0.39, 0.29) is 48.7 Å². The highest BCUT2D eigenvalue weighted by Crippen LogP contribution is 2.80. The van der Waals surface area contributed by atoms with E-state index in [1.807, 2.05) is 46.1 Å². The van der Waals surface area contributed by atoms with Crippen molar-refractivity contribution in [1.82, 2.24) is 8.75 Å². The first-order valence-electron chi connectivity index (χ1n) is 48.0. The van der Waals surface area contributed by atoms with E-state index in [9.17, 15) is 4.79 Å². The highest BCUT2D eigenvalue weighted by atomic mass is 32.1. The summed E-state index contributed by atoms with van der Waals surface area (Å²) in [4.78, 5) is 20.5. The standard InChI is InChI=1S/C114H124N2O3S4/c1-11-16-17-18-19-20-21-28-102(119-105(117)73(6)7)118-82-38-30-75(31-39-82)97-49-50-98(121-97)80-36-44-84-83-40-32-76(67-91(83)112(92(84)71-80)106(9)55-22-57-107(112,10)58-23-56-106)77-33-41-85-86-42-34-78(69-94(86)113(93(85)68-77)108(14-4)59-24-61-109(113,15-5)62-25-60-108)79-35-43-87-88-45-37-81(72-96(88)114(95(87)70-79)110(53-12-2)63-26-65-111(114,54-13-3)66-27-64-110)99-51-52-101(122-99)90-47-46-89(100-48-29-74(8)120-100)103-104(90)116-123-115-103/h29-52,67-72,102H,6,11-28,53-66H2,1-5,7-10H3. The van der Waals surface area contributed by atoms with Crippen LogP contribution in [0.25, 0.3) is 119 Å². The number of fused-ring (bicyclic) bond motifs is 10. The molecule has 0 saturated heterocycles. The number of esters is 1. The second-order valence-electron chi connectivity index (χ2n) is 40.4. The van der Waals surface area contributed by atoms with Crippen LogP contribution in [0.3, 0.4) is 0 Å². The lowest BCUT2D eigenvalue weighted by atomic mass is 9.36. The van der Waals surface area contributed by atoms with Crippen LogP contribution < -0.4 is 4.74 Å². The van der Waals surface area contributed by atoms with Crippen molar-refractivity contribution >= 4 is 62.7 Å². The number of carbonyl (C=O) groups excluding carboxylic acids is 1. The summed E-state index contributed by atoms with van der Waals surface area (Å²) in [6.45, 7) is 25.7. The first-order chi connectivity index (χ1) is 59.9. The lowest BCUT2D eigenvalue weighted by molar-refractivity contribution is -0.159. The van der Waals surface area contributed by atoms with E-state index in [0.717, 1.165) is 29.4 Å². The zero-order valence-corrected chi connectivity index (χ0v) is 77.8. The van der Waals surface area contributed by atoms with E-state index < -0.39 is 12.3 Å². The number of hydrogen-bond donors (Lipinski definition) is 0. The predicted octanol–water partition coefficient (Wildman–Crippen LogP) is 34.1. The van der Waals surface area contributed by atoms with Crippen molar-refractivity contribution in [3.8, 4) is 114 Å². The normalized spacial score (nSPS) is 26.8. The molecule has 632 valence electrons. The number of benzene rings is 8. The minimum atomic E-state index is -0.658. The van der Waals surface area contributed by atoms with Gasteiger partial charge in [0, 0.05) is 68.6 Å². The van der Waals surface area contributed by atoms with Crippen LogP contribution in [-0.2, 0) is 25.8 Å². The van der Waals surface area contributed by atoms with E-state index in [4.69, 9.17) is 18.2 Å². The number of aryl methyl sites for hydroxylation is 1. The van der Waals surface area contributed by atoms with Crippen LogP contribution >= 0.6 is 45.7 Å². The molecule has 0 radical (unpaired) electrons. The molecular formula is C114H124N2O3S4. The van der Waals surface area contributed by atoms with Crippen molar-refractivity contribution in [3.63, 3.8) is 0 Å². The van der Waals surface area contributed by atoms with Gasteiger partial charge < -0.3 is 9.47 Å². The van der Waals surface area contributed by atoms with Gasteiger partial charge in [0.1, 0.15) is 16.8 Å². The molecule has 0 amide bonds. The van der Waals surface area contributed by atoms with Crippen LogP contribution in [0.15, 0.2) is 194 Å². The van der Waals surface area contributed by atoms with Crippen molar-refractivity contribution in [2.24, 2.45) is 32.5 Å². The quantitative estimate of drug-likeness (QED) is 0.0247. The van der Waals surface area contributed by atoms with Gasteiger partial charge in [-0.2, -0.15) is 8.75 Å². The molecule has 9 aliphatic carbocycles. The first kappa shape index (κ1) is 81.7. The molecular weight excluding hydrogens is 1570 g/mol. The number of rotatable bonds is 25. The summed E-state index contributed by atoms with van der Waals surface area (Å²) in [5, 5.41) is 0. The Hall–Kier alpha value is -8.31. The third-order valence-corrected chi connectivity index (χ3v) is 38.5. The Balaban J connectivity index is 0.642. The zero-order valence-electron chi connectivity index (χ0n) is 74.5. The summed E-state index contributed by atoms with van der Waals surface area (Å²) in [5.41, 5.74) is 33.2. The minimum absolute atomic E-state index is 0.0940. The monoisotopic (exact) mass is 1700 g/mol. The van der Waals surface area contributed by atoms with Gasteiger partial charge in [0.2, 0.25) is 6.29 Å². The van der Waals surface area contributed by atoms with Gasteiger partial charge in [-0.25, -0.2) is 4.79 Å². The van der Waals surface area contributed by atoms with Crippen molar-refractivity contribution in [2.45, 2.75) is 290 Å². The Morgan fingerprint density at radius 2 is 0.715 bits per heavy atom. The van der Waals surface area contributed by atoms with Crippen LogP contribution in [0.1, 0.15) is 299 Å². The Kier molecular flexibility index (Phi) is 20.8. The molecule has 6 fully saturated rings. The zero-order chi connectivity index (χ0) is 84.1. The number of nitrogens with zero attached hydrogens (tertiary/aromatic N) is 2. The molecule has 5 nitrogen and oxygen atoms in total. The molecule has 9 aliphatic rings. The molecule has 4 heterocycles.